The number of aryl methyl sites for hydroxylation is 2. The van der Waals surface area contributed by atoms with Crippen LogP contribution in [0.3, 0.4) is 0 Å². The summed E-state index contributed by atoms with van der Waals surface area (Å²) in [5.41, 5.74) is -0.621. The summed E-state index contributed by atoms with van der Waals surface area (Å²) in [6.45, 7) is 2.81. The quantitative estimate of drug-likeness (QED) is 0.941. The van der Waals surface area contributed by atoms with E-state index >= 15 is 0 Å². The Bertz CT molecular complexity index is 686. The van der Waals surface area contributed by atoms with Crippen molar-refractivity contribution < 1.29 is 21.7 Å². The number of nitrogens with zero attached hydrogens (tertiary/aromatic N) is 1. The molecule has 102 valence electrons. The van der Waals surface area contributed by atoms with Crippen LogP contribution in [0.5, 0.6) is 0 Å². The van der Waals surface area contributed by atoms with E-state index in [2.05, 4.69) is 5.16 Å². The molecule has 0 amide bonds. The number of aromatic nitrogens is 1. The molecule has 1 N–H and O–H groups in total. The van der Waals surface area contributed by atoms with E-state index in [9.17, 15) is 17.2 Å². The molecule has 0 aliphatic rings. The molecule has 19 heavy (non-hydrogen) atoms. The zero-order valence-corrected chi connectivity index (χ0v) is 10.9. The molecule has 0 radical (unpaired) electrons. The van der Waals surface area contributed by atoms with Crippen LogP contribution in [0.2, 0.25) is 0 Å². The Labute approximate surface area is 108 Å². The van der Waals surface area contributed by atoms with Crippen molar-refractivity contribution in [3.8, 4) is 0 Å². The Morgan fingerprint density at radius 2 is 1.79 bits per heavy atom. The maximum Gasteiger partial charge on any atom is 0.267 e. The third-order valence-corrected chi connectivity index (χ3v) is 4.03. The van der Waals surface area contributed by atoms with Gasteiger partial charge in [-0.05, 0) is 26.0 Å². The van der Waals surface area contributed by atoms with Crippen LogP contribution < -0.4 is 4.72 Å². The first-order valence-electron chi connectivity index (χ1n) is 5.22. The molecule has 0 atom stereocenters. The van der Waals surface area contributed by atoms with E-state index in [1.165, 1.54) is 13.8 Å². The maximum absolute atomic E-state index is 13.4. The fraction of sp³-hybridized carbons (Fsp3) is 0.182. The minimum absolute atomic E-state index is 0.0433. The highest BCUT2D eigenvalue weighted by molar-refractivity contribution is 7.92. The van der Waals surface area contributed by atoms with E-state index in [4.69, 9.17) is 4.52 Å². The van der Waals surface area contributed by atoms with Gasteiger partial charge in [0.1, 0.15) is 23.0 Å². The molecule has 5 nitrogen and oxygen atoms in total. The van der Waals surface area contributed by atoms with Gasteiger partial charge in [-0.2, -0.15) is 0 Å². The molecule has 2 aromatic rings. The first-order valence-corrected chi connectivity index (χ1v) is 6.71. The third kappa shape index (κ3) is 2.43. The first-order chi connectivity index (χ1) is 8.83. The lowest BCUT2D eigenvalue weighted by atomic mass is 10.3. The third-order valence-electron chi connectivity index (χ3n) is 2.44. The maximum atomic E-state index is 13.4. The number of rotatable bonds is 3. The van der Waals surface area contributed by atoms with Crippen LogP contribution in [-0.4, -0.2) is 13.6 Å². The molecule has 2 rings (SSSR count). The lowest BCUT2D eigenvalue weighted by molar-refractivity contribution is 0.390. The largest absolute Gasteiger partial charge is 0.360 e. The normalized spacial score (nSPS) is 11.6. The van der Waals surface area contributed by atoms with Gasteiger partial charge in [0.05, 0.1) is 0 Å². The number of para-hydroxylation sites is 1. The Morgan fingerprint density at radius 1 is 1.21 bits per heavy atom. The average molecular weight is 288 g/mol. The Morgan fingerprint density at radius 3 is 2.26 bits per heavy atom. The van der Waals surface area contributed by atoms with Crippen molar-refractivity contribution >= 4 is 15.7 Å². The van der Waals surface area contributed by atoms with E-state index in [0.29, 0.717) is 0 Å². The fourth-order valence-electron chi connectivity index (χ4n) is 1.64. The summed E-state index contributed by atoms with van der Waals surface area (Å²) in [5, 5.41) is 3.49. The van der Waals surface area contributed by atoms with Crippen LogP contribution >= 0.6 is 0 Å². The summed E-state index contributed by atoms with van der Waals surface area (Å²) in [6, 6.07) is 3.04. The summed E-state index contributed by atoms with van der Waals surface area (Å²) in [6.07, 6.45) is 0. The average Bonchev–Trinajstić information content (AvgIpc) is 2.64. The smallest absolute Gasteiger partial charge is 0.267 e. The molecule has 0 aliphatic heterocycles. The van der Waals surface area contributed by atoms with Crippen LogP contribution in [0.1, 0.15) is 11.5 Å². The van der Waals surface area contributed by atoms with Crippen molar-refractivity contribution in [1.29, 1.82) is 0 Å². The second kappa shape index (κ2) is 4.61. The predicted octanol–water partition coefficient (Wildman–Crippen LogP) is 2.37. The molecule has 1 aromatic carbocycles. The molecule has 0 bridgehead atoms. The van der Waals surface area contributed by atoms with Gasteiger partial charge >= 0.3 is 0 Å². The summed E-state index contributed by atoms with van der Waals surface area (Å²) in [4.78, 5) is -0.227. The van der Waals surface area contributed by atoms with Gasteiger partial charge in [-0.3, -0.25) is 4.72 Å². The minimum Gasteiger partial charge on any atom is -0.360 e. The van der Waals surface area contributed by atoms with Crippen molar-refractivity contribution in [3.05, 3.63) is 41.3 Å². The van der Waals surface area contributed by atoms with Crippen molar-refractivity contribution in [2.75, 3.05) is 4.72 Å². The molecule has 0 saturated heterocycles. The summed E-state index contributed by atoms with van der Waals surface area (Å²) in [7, 11) is -4.16. The van der Waals surface area contributed by atoms with Gasteiger partial charge in [-0.15, -0.1) is 0 Å². The fourth-order valence-corrected chi connectivity index (χ4v) is 3.05. The molecule has 0 spiro atoms. The Balaban J connectivity index is 2.49. The van der Waals surface area contributed by atoms with Crippen molar-refractivity contribution in [1.82, 2.24) is 5.16 Å². The lowest BCUT2D eigenvalue weighted by Gasteiger charge is -2.09. The van der Waals surface area contributed by atoms with Crippen LogP contribution in [0, 0.1) is 25.5 Å². The molecule has 8 heteroatoms. The van der Waals surface area contributed by atoms with Gasteiger partial charge in [0, 0.05) is 0 Å². The number of nitrogens with one attached hydrogen (secondary N) is 1. The SMILES string of the molecule is Cc1noc(C)c1S(=O)(=O)Nc1c(F)cccc1F. The zero-order valence-electron chi connectivity index (χ0n) is 10.1. The summed E-state index contributed by atoms with van der Waals surface area (Å²) in [5.74, 6) is -1.97. The lowest BCUT2D eigenvalue weighted by Crippen LogP contribution is -2.16. The van der Waals surface area contributed by atoms with Crippen LogP contribution in [0.4, 0.5) is 14.5 Å². The van der Waals surface area contributed by atoms with Gasteiger partial charge in [0.2, 0.25) is 0 Å². The Kier molecular flexibility index (Phi) is 3.27. The van der Waals surface area contributed by atoms with Crippen molar-refractivity contribution in [2.24, 2.45) is 0 Å². The van der Waals surface area contributed by atoms with Gasteiger partial charge in [0.25, 0.3) is 10.0 Å². The second-order valence-electron chi connectivity index (χ2n) is 3.86. The standard InChI is InChI=1S/C11H10F2N2O3S/c1-6-11(7(2)18-14-6)19(16,17)15-10-8(12)4-3-5-9(10)13/h3-5,15H,1-2H3. The van der Waals surface area contributed by atoms with E-state index in [1.807, 2.05) is 4.72 Å². The van der Waals surface area contributed by atoms with Crippen LogP contribution in [0.25, 0.3) is 0 Å². The van der Waals surface area contributed by atoms with Gasteiger partial charge in [0.15, 0.2) is 10.7 Å². The van der Waals surface area contributed by atoms with E-state index < -0.39 is 27.3 Å². The number of anilines is 1. The van der Waals surface area contributed by atoms with Gasteiger partial charge in [-0.1, -0.05) is 11.2 Å². The molecule has 0 saturated carbocycles. The first kappa shape index (κ1) is 13.5. The van der Waals surface area contributed by atoms with Crippen molar-refractivity contribution in [2.45, 2.75) is 18.7 Å². The van der Waals surface area contributed by atoms with E-state index in [1.54, 1.807) is 0 Å². The summed E-state index contributed by atoms with van der Waals surface area (Å²) >= 11 is 0. The van der Waals surface area contributed by atoms with Gasteiger partial charge < -0.3 is 4.52 Å². The van der Waals surface area contributed by atoms with E-state index in [-0.39, 0.29) is 16.3 Å². The molecule has 0 fully saturated rings. The number of halogens is 2. The van der Waals surface area contributed by atoms with Gasteiger partial charge in [-0.25, -0.2) is 17.2 Å². The highest BCUT2D eigenvalue weighted by Gasteiger charge is 2.26. The van der Waals surface area contributed by atoms with Crippen molar-refractivity contribution in [3.63, 3.8) is 0 Å². The highest BCUT2D eigenvalue weighted by atomic mass is 32.2. The molecule has 0 unspecified atom stereocenters. The van der Waals surface area contributed by atoms with Crippen LogP contribution in [0.15, 0.2) is 27.6 Å². The second-order valence-corrected chi connectivity index (χ2v) is 5.47. The topological polar surface area (TPSA) is 72.2 Å². The van der Waals surface area contributed by atoms with E-state index in [0.717, 1.165) is 18.2 Å². The number of hydrogen-bond acceptors (Lipinski definition) is 4. The van der Waals surface area contributed by atoms with Crippen LogP contribution in [-0.2, 0) is 10.0 Å². The molecular weight excluding hydrogens is 278 g/mol. The highest BCUT2D eigenvalue weighted by Crippen LogP contribution is 2.25. The number of benzene rings is 1. The summed E-state index contributed by atoms with van der Waals surface area (Å²) < 4.78 is 57.5. The Hall–Kier alpha value is -1.96. The zero-order chi connectivity index (χ0) is 14.2. The number of hydrogen-bond donors (Lipinski definition) is 1. The molecule has 0 aliphatic carbocycles. The number of sulfonamides is 1. The monoisotopic (exact) mass is 288 g/mol. The minimum atomic E-state index is -4.16. The predicted molar refractivity (Wildman–Crippen MR) is 63.1 cm³/mol. The molecule has 1 heterocycles. The molecule has 1 aromatic heterocycles. The molecular formula is C11H10F2N2O3S.